The molecule has 1 saturated carbocycles. The Labute approximate surface area is 230 Å². The Kier molecular flexibility index (Phi) is 8.82. The summed E-state index contributed by atoms with van der Waals surface area (Å²) in [5.74, 6) is -0.253. The van der Waals surface area contributed by atoms with Crippen molar-refractivity contribution in [3.8, 4) is 0 Å². The van der Waals surface area contributed by atoms with Crippen molar-refractivity contribution >= 4 is 17.8 Å². The van der Waals surface area contributed by atoms with Gasteiger partial charge in [-0.15, -0.1) is 5.48 Å². The number of amides is 1. The number of hydroxylamine groups is 1. The first-order valence-corrected chi connectivity index (χ1v) is 13.2. The monoisotopic (exact) mass is 528 g/mol. The largest absolute Gasteiger partial charge is 0.445 e. The maximum Gasteiger partial charge on any atom is 0.410 e. The summed E-state index contributed by atoms with van der Waals surface area (Å²) >= 11 is 0. The predicted molar refractivity (Wildman–Crippen MR) is 149 cm³/mol. The first kappa shape index (κ1) is 28.0. The van der Waals surface area contributed by atoms with Crippen LogP contribution in [0.1, 0.15) is 60.2 Å². The fourth-order valence-electron chi connectivity index (χ4n) is 4.25. The minimum absolute atomic E-state index is 0.0502. The quantitative estimate of drug-likeness (QED) is 0.268. The highest BCUT2D eigenvalue weighted by atomic mass is 16.7. The lowest BCUT2D eigenvalue weighted by atomic mass is 9.95. The molecule has 0 bridgehead atoms. The molecular weight excluding hydrogens is 492 g/mol. The molecule has 0 aliphatic heterocycles. The van der Waals surface area contributed by atoms with Gasteiger partial charge in [0.2, 0.25) is 0 Å². The van der Waals surface area contributed by atoms with Crippen LogP contribution in [0.3, 0.4) is 0 Å². The van der Waals surface area contributed by atoms with Crippen molar-refractivity contribution in [2.24, 2.45) is 5.41 Å². The van der Waals surface area contributed by atoms with Gasteiger partial charge in [0.25, 0.3) is 0 Å². The number of likely N-dealkylation sites (N-methyl/N-ethyl adjacent to an activating group) is 1. The maximum atomic E-state index is 13.7. The molecule has 1 fully saturated rings. The third-order valence-corrected chi connectivity index (χ3v) is 6.86. The summed E-state index contributed by atoms with van der Waals surface area (Å²) in [6.07, 6.45) is 0.658. The standard InChI is InChI=1S/C32H36N2O5/c1-32(2,3)30(36)39-33-27-20-26(27)24-15-17-25(18-16-24)29(35)28(19-22-11-7-5-8-12-22)34(4)31(37)38-21-23-13-9-6-10-14-23/h5-18,26-28,33H,19-21H2,1-4H3. The number of nitrogens with one attached hydrogen (secondary N) is 1. The Bertz CT molecular complexity index is 1270. The number of Topliss-reactive ketones (excluding diaryl/α,β-unsaturated/α-hetero) is 1. The minimum Gasteiger partial charge on any atom is -0.445 e. The molecule has 39 heavy (non-hydrogen) atoms. The van der Waals surface area contributed by atoms with E-state index >= 15 is 0 Å². The molecule has 1 aliphatic rings. The lowest BCUT2D eigenvalue weighted by Crippen LogP contribution is -2.44. The number of carbonyl (C=O) groups excluding carboxylic acids is 3. The zero-order valence-corrected chi connectivity index (χ0v) is 22.9. The molecule has 0 heterocycles. The Morgan fingerprint density at radius 3 is 2.08 bits per heavy atom. The first-order chi connectivity index (χ1) is 18.6. The van der Waals surface area contributed by atoms with Crippen LogP contribution in [0.4, 0.5) is 4.79 Å². The van der Waals surface area contributed by atoms with Crippen LogP contribution in [0.2, 0.25) is 0 Å². The van der Waals surface area contributed by atoms with Crippen molar-refractivity contribution in [2.75, 3.05) is 7.05 Å². The molecular formula is C32H36N2O5. The minimum atomic E-state index is -0.728. The van der Waals surface area contributed by atoms with Crippen molar-refractivity contribution in [1.82, 2.24) is 10.4 Å². The molecule has 3 atom stereocenters. The molecule has 1 amide bonds. The first-order valence-electron chi connectivity index (χ1n) is 13.2. The molecule has 0 radical (unpaired) electrons. The zero-order valence-electron chi connectivity index (χ0n) is 22.9. The topological polar surface area (TPSA) is 84.9 Å². The average Bonchev–Trinajstić information content (AvgIpc) is 3.73. The molecule has 1 aliphatic carbocycles. The van der Waals surface area contributed by atoms with Crippen LogP contribution in [-0.2, 0) is 27.4 Å². The van der Waals surface area contributed by atoms with E-state index in [1.165, 1.54) is 4.90 Å². The Balaban J connectivity index is 1.42. The number of ketones is 1. The molecule has 4 rings (SSSR count). The van der Waals surface area contributed by atoms with Gasteiger partial charge in [-0.25, -0.2) is 9.59 Å². The predicted octanol–water partition coefficient (Wildman–Crippen LogP) is 5.70. The molecule has 3 aromatic rings. The molecule has 7 nitrogen and oxygen atoms in total. The van der Waals surface area contributed by atoms with Crippen molar-refractivity contribution in [3.63, 3.8) is 0 Å². The van der Waals surface area contributed by atoms with Gasteiger partial charge in [0.05, 0.1) is 11.5 Å². The molecule has 7 heteroatoms. The summed E-state index contributed by atoms with van der Waals surface area (Å²) in [4.78, 5) is 45.3. The van der Waals surface area contributed by atoms with Gasteiger partial charge in [-0.05, 0) is 43.9 Å². The third kappa shape index (κ3) is 7.54. The van der Waals surface area contributed by atoms with Crippen molar-refractivity contribution in [2.45, 2.75) is 58.2 Å². The zero-order chi connectivity index (χ0) is 28.0. The lowest BCUT2D eigenvalue weighted by molar-refractivity contribution is -0.161. The Morgan fingerprint density at radius 2 is 1.49 bits per heavy atom. The fourth-order valence-corrected chi connectivity index (χ4v) is 4.25. The SMILES string of the molecule is CN(C(=O)OCc1ccccc1)C(Cc1ccccc1)C(=O)c1ccc(C2CC2NOC(=O)C(C)(C)C)cc1. The Hall–Kier alpha value is -3.97. The van der Waals surface area contributed by atoms with E-state index in [9.17, 15) is 14.4 Å². The van der Waals surface area contributed by atoms with Crippen LogP contribution in [0.25, 0.3) is 0 Å². The number of benzene rings is 3. The number of carbonyl (C=O) groups is 3. The van der Waals surface area contributed by atoms with E-state index < -0.39 is 17.6 Å². The summed E-state index contributed by atoms with van der Waals surface area (Å²) in [6.45, 7) is 5.56. The van der Waals surface area contributed by atoms with Gasteiger partial charge < -0.3 is 14.5 Å². The average molecular weight is 529 g/mol. The summed E-state index contributed by atoms with van der Waals surface area (Å²) in [5.41, 5.74) is 5.71. The van der Waals surface area contributed by atoms with Gasteiger partial charge in [0, 0.05) is 24.9 Å². The highest BCUT2D eigenvalue weighted by Gasteiger charge is 2.40. The van der Waals surface area contributed by atoms with Gasteiger partial charge in [-0.1, -0.05) is 84.9 Å². The van der Waals surface area contributed by atoms with Gasteiger partial charge >= 0.3 is 12.1 Å². The van der Waals surface area contributed by atoms with Crippen molar-refractivity contribution in [3.05, 3.63) is 107 Å². The van der Waals surface area contributed by atoms with Crippen LogP contribution < -0.4 is 5.48 Å². The fraction of sp³-hybridized carbons (Fsp3) is 0.344. The van der Waals surface area contributed by atoms with E-state index in [1.54, 1.807) is 19.2 Å². The number of hydrogen-bond acceptors (Lipinski definition) is 6. The summed E-state index contributed by atoms with van der Waals surface area (Å²) in [6, 6.07) is 25.9. The van der Waals surface area contributed by atoms with E-state index in [1.807, 2.05) is 93.6 Å². The normalized spacial score (nSPS) is 17.1. The number of rotatable bonds is 10. The van der Waals surface area contributed by atoms with Crippen LogP contribution in [0.5, 0.6) is 0 Å². The molecule has 3 unspecified atom stereocenters. The molecule has 0 spiro atoms. The molecule has 1 N–H and O–H groups in total. The number of nitrogens with zero attached hydrogens (tertiary/aromatic N) is 1. The smallest absolute Gasteiger partial charge is 0.410 e. The van der Waals surface area contributed by atoms with Crippen molar-refractivity contribution < 1.29 is 24.0 Å². The van der Waals surface area contributed by atoms with E-state index in [0.717, 1.165) is 23.1 Å². The van der Waals surface area contributed by atoms with Crippen LogP contribution >= 0.6 is 0 Å². The van der Waals surface area contributed by atoms with Crippen LogP contribution in [0.15, 0.2) is 84.9 Å². The van der Waals surface area contributed by atoms with Gasteiger partial charge in [0.15, 0.2) is 5.78 Å². The van der Waals surface area contributed by atoms with E-state index in [4.69, 9.17) is 9.57 Å². The molecule has 204 valence electrons. The Morgan fingerprint density at radius 1 is 0.897 bits per heavy atom. The highest BCUT2D eigenvalue weighted by Crippen LogP contribution is 2.41. The molecule has 0 saturated heterocycles. The van der Waals surface area contributed by atoms with E-state index in [0.29, 0.717) is 12.0 Å². The van der Waals surface area contributed by atoms with Crippen LogP contribution in [-0.4, -0.2) is 41.9 Å². The highest BCUT2D eigenvalue weighted by molar-refractivity contribution is 6.01. The second-order valence-electron chi connectivity index (χ2n) is 11.0. The summed E-state index contributed by atoms with van der Waals surface area (Å²) < 4.78 is 5.52. The van der Waals surface area contributed by atoms with E-state index in [2.05, 4.69) is 5.48 Å². The third-order valence-electron chi connectivity index (χ3n) is 6.86. The maximum absolute atomic E-state index is 13.7. The lowest BCUT2D eigenvalue weighted by Gasteiger charge is -2.27. The molecule has 0 aromatic heterocycles. The second kappa shape index (κ2) is 12.3. The number of hydrogen-bond donors (Lipinski definition) is 1. The number of ether oxygens (including phenoxy) is 1. The van der Waals surface area contributed by atoms with Crippen molar-refractivity contribution in [1.29, 1.82) is 0 Å². The van der Waals surface area contributed by atoms with Gasteiger partial charge in [-0.2, -0.15) is 0 Å². The van der Waals surface area contributed by atoms with Gasteiger partial charge in [-0.3, -0.25) is 4.79 Å². The summed E-state index contributed by atoms with van der Waals surface area (Å²) in [5, 5.41) is 0. The van der Waals surface area contributed by atoms with E-state index in [-0.39, 0.29) is 30.3 Å². The molecule has 3 aromatic carbocycles. The van der Waals surface area contributed by atoms with Gasteiger partial charge in [0.1, 0.15) is 12.6 Å². The summed E-state index contributed by atoms with van der Waals surface area (Å²) in [7, 11) is 1.60. The van der Waals surface area contributed by atoms with Crippen LogP contribution in [0, 0.1) is 5.41 Å². The second-order valence-corrected chi connectivity index (χ2v) is 11.0.